The van der Waals surface area contributed by atoms with Gasteiger partial charge in [0.25, 0.3) is 5.91 Å². The van der Waals surface area contributed by atoms with Crippen molar-refractivity contribution in [3.8, 4) is 6.07 Å². The van der Waals surface area contributed by atoms with E-state index < -0.39 is 11.8 Å². The number of nitriles is 1. The van der Waals surface area contributed by atoms with Gasteiger partial charge in [0.15, 0.2) is 0 Å². The van der Waals surface area contributed by atoms with Crippen molar-refractivity contribution in [1.82, 2.24) is 0 Å². The molecule has 2 aromatic carbocycles. The van der Waals surface area contributed by atoms with Crippen molar-refractivity contribution in [2.45, 2.75) is 5.92 Å². The number of hydrogen-bond donors (Lipinski definition) is 2. The Morgan fingerprint density at radius 3 is 2.19 bits per heavy atom. The van der Waals surface area contributed by atoms with Gasteiger partial charge in [0, 0.05) is 11.3 Å². The van der Waals surface area contributed by atoms with Gasteiger partial charge in [0.05, 0.1) is 6.07 Å². The third kappa shape index (κ3) is 3.45. The molecular formula is C16H13N3O2. The van der Waals surface area contributed by atoms with Gasteiger partial charge in [0.1, 0.15) is 5.92 Å². The molecule has 0 radical (unpaired) electrons. The molecule has 5 nitrogen and oxygen atoms in total. The van der Waals surface area contributed by atoms with Gasteiger partial charge in [-0.1, -0.05) is 30.3 Å². The molecule has 0 aliphatic heterocycles. The monoisotopic (exact) mass is 279 g/mol. The van der Waals surface area contributed by atoms with E-state index in [0.29, 0.717) is 16.8 Å². The molecule has 0 heterocycles. The zero-order valence-corrected chi connectivity index (χ0v) is 11.1. The van der Waals surface area contributed by atoms with Crippen LogP contribution < -0.4 is 11.1 Å². The van der Waals surface area contributed by atoms with Crippen molar-refractivity contribution in [3.05, 3.63) is 65.7 Å². The van der Waals surface area contributed by atoms with Crippen molar-refractivity contribution >= 4 is 17.5 Å². The van der Waals surface area contributed by atoms with E-state index in [2.05, 4.69) is 5.32 Å². The Hall–Kier alpha value is -3.13. The molecule has 0 spiro atoms. The van der Waals surface area contributed by atoms with E-state index in [0.717, 1.165) is 0 Å². The second kappa shape index (κ2) is 6.35. The van der Waals surface area contributed by atoms with Crippen LogP contribution in [0.25, 0.3) is 0 Å². The Morgan fingerprint density at radius 2 is 1.67 bits per heavy atom. The van der Waals surface area contributed by atoms with Crippen LogP contribution in [-0.2, 0) is 4.79 Å². The molecule has 2 aromatic rings. The first-order chi connectivity index (χ1) is 10.1. The summed E-state index contributed by atoms with van der Waals surface area (Å²) < 4.78 is 0. The number of nitrogens with two attached hydrogens (primary N) is 1. The topological polar surface area (TPSA) is 96.0 Å². The Balaban J connectivity index is 2.12. The second-order valence-electron chi connectivity index (χ2n) is 4.41. The fourth-order valence-electron chi connectivity index (χ4n) is 1.85. The van der Waals surface area contributed by atoms with E-state index in [9.17, 15) is 9.59 Å². The summed E-state index contributed by atoms with van der Waals surface area (Å²) in [5, 5.41) is 11.6. The number of amides is 2. The molecular weight excluding hydrogens is 266 g/mol. The normalized spacial score (nSPS) is 11.2. The van der Waals surface area contributed by atoms with Crippen LogP contribution in [0.3, 0.4) is 0 Å². The molecule has 104 valence electrons. The van der Waals surface area contributed by atoms with Gasteiger partial charge in [-0.15, -0.1) is 0 Å². The van der Waals surface area contributed by atoms with E-state index in [4.69, 9.17) is 11.0 Å². The van der Waals surface area contributed by atoms with Crippen LogP contribution in [0.2, 0.25) is 0 Å². The average molecular weight is 279 g/mol. The first kappa shape index (κ1) is 14.3. The molecule has 2 amide bonds. The third-order valence-corrected chi connectivity index (χ3v) is 2.95. The summed E-state index contributed by atoms with van der Waals surface area (Å²) in [6.07, 6.45) is 0. The number of rotatable bonds is 4. The SMILES string of the molecule is N#CC(C(N)=O)c1ccc(NC(=O)c2ccccc2)cc1. The van der Waals surface area contributed by atoms with Gasteiger partial charge >= 0.3 is 0 Å². The fourth-order valence-corrected chi connectivity index (χ4v) is 1.85. The number of carbonyl (C=O) groups is 2. The Kier molecular flexibility index (Phi) is 4.32. The van der Waals surface area contributed by atoms with Crippen LogP contribution in [0.4, 0.5) is 5.69 Å². The average Bonchev–Trinajstić information content (AvgIpc) is 2.50. The smallest absolute Gasteiger partial charge is 0.255 e. The number of benzene rings is 2. The number of anilines is 1. The molecule has 0 aromatic heterocycles. The summed E-state index contributed by atoms with van der Waals surface area (Å²) in [6, 6.07) is 17.1. The highest BCUT2D eigenvalue weighted by Gasteiger charge is 2.16. The van der Waals surface area contributed by atoms with E-state index in [1.807, 2.05) is 12.1 Å². The van der Waals surface area contributed by atoms with Gasteiger partial charge in [-0.3, -0.25) is 9.59 Å². The molecule has 3 N–H and O–H groups in total. The van der Waals surface area contributed by atoms with Crippen LogP contribution in [0.1, 0.15) is 21.8 Å². The number of carbonyl (C=O) groups excluding carboxylic acids is 2. The second-order valence-corrected chi connectivity index (χ2v) is 4.41. The zero-order valence-electron chi connectivity index (χ0n) is 11.1. The number of nitrogens with one attached hydrogen (secondary N) is 1. The summed E-state index contributed by atoms with van der Waals surface area (Å²) in [5.74, 6) is -1.91. The molecule has 0 fully saturated rings. The number of primary amides is 1. The maximum absolute atomic E-state index is 12.0. The van der Waals surface area contributed by atoms with Crippen LogP contribution >= 0.6 is 0 Å². The Labute approximate surface area is 122 Å². The van der Waals surface area contributed by atoms with Gasteiger partial charge in [0.2, 0.25) is 5.91 Å². The van der Waals surface area contributed by atoms with Crippen molar-refractivity contribution in [2.75, 3.05) is 5.32 Å². The van der Waals surface area contributed by atoms with Gasteiger partial charge in [-0.25, -0.2) is 0 Å². The molecule has 0 aliphatic rings. The van der Waals surface area contributed by atoms with E-state index in [-0.39, 0.29) is 5.91 Å². The lowest BCUT2D eigenvalue weighted by Crippen LogP contribution is -2.20. The lowest BCUT2D eigenvalue weighted by Gasteiger charge is -2.08. The summed E-state index contributed by atoms with van der Waals surface area (Å²) in [7, 11) is 0. The molecule has 21 heavy (non-hydrogen) atoms. The van der Waals surface area contributed by atoms with E-state index in [1.54, 1.807) is 48.5 Å². The van der Waals surface area contributed by atoms with Crippen molar-refractivity contribution < 1.29 is 9.59 Å². The molecule has 2 rings (SSSR count). The minimum absolute atomic E-state index is 0.227. The quantitative estimate of drug-likeness (QED) is 0.896. The first-order valence-electron chi connectivity index (χ1n) is 6.27. The van der Waals surface area contributed by atoms with Crippen LogP contribution in [0.15, 0.2) is 54.6 Å². The highest BCUT2D eigenvalue weighted by molar-refractivity contribution is 6.04. The predicted octanol–water partition coefficient (Wildman–Crippen LogP) is 2.03. The molecule has 1 atom stereocenters. The lowest BCUT2D eigenvalue weighted by molar-refractivity contribution is -0.118. The summed E-state index contributed by atoms with van der Waals surface area (Å²) >= 11 is 0. The number of nitrogens with zero attached hydrogens (tertiary/aromatic N) is 1. The fraction of sp³-hybridized carbons (Fsp3) is 0.0625. The van der Waals surface area contributed by atoms with Gasteiger partial charge in [-0.05, 0) is 29.8 Å². The van der Waals surface area contributed by atoms with Crippen molar-refractivity contribution in [1.29, 1.82) is 5.26 Å². The molecule has 0 saturated carbocycles. The molecule has 0 bridgehead atoms. The van der Waals surface area contributed by atoms with Gasteiger partial charge in [-0.2, -0.15) is 5.26 Å². The summed E-state index contributed by atoms with van der Waals surface area (Å²) in [4.78, 5) is 23.1. The number of hydrogen-bond acceptors (Lipinski definition) is 3. The standard InChI is InChI=1S/C16H13N3O2/c17-10-14(15(18)20)11-6-8-13(9-7-11)19-16(21)12-4-2-1-3-5-12/h1-9,14H,(H2,18,20)(H,19,21). The highest BCUT2D eigenvalue weighted by Crippen LogP contribution is 2.18. The third-order valence-electron chi connectivity index (χ3n) is 2.95. The van der Waals surface area contributed by atoms with Crippen molar-refractivity contribution in [2.24, 2.45) is 5.73 Å². The van der Waals surface area contributed by atoms with E-state index >= 15 is 0 Å². The minimum Gasteiger partial charge on any atom is -0.368 e. The van der Waals surface area contributed by atoms with Gasteiger partial charge < -0.3 is 11.1 Å². The van der Waals surface area contributed by atoms with Crippen molar-refractivity contribution in [3.63, 3.8) is 0 Å². The largest absolute Gasteiger partial charge is 0.368 e. The maximum Gasteiger partial charge on any atom is 0.255 e. The molecule has 1 unspecified atom stereocenters. The molecule has 0 saturated heterocycles. The van der Waals surface area contributed by atoms with E-state index in [1.165, 1.54) is 0 Å². The highest BCUT2D eigenvalue weighted by atomic mass is 16.2. The minimum atomic E-state index is -0.983. The Bertz CT molecular complexity index is 688. The summed E-state index contributed by atoms with van der Waals surface area (Å²) in [5.41, 5.74) is 6.77. The molecule has 0 aliphatic carbocycles. The predicted molar refractivity (Wildman–Crippen MR) is 78.4 cm³/mol. The van der Waals surface area contributed by atoms with Crippen LogP contribution in [0, 0.1) is 11.3 Å². The lowest BCUT2D eigenvalue weighted by atomic mass is 10.00. The molecule has 5 heteroatoms. The first-order valence-corrected chi connectivity index (χ1v) is 6.27. The summed E-state index contributed by atoms with van der Waals surface area (Å²) in [6.45, 7) is 0. The van der Waals surface area contributed by atoms with Crippen LogP contribution in [0.5, 0.6) is 0 Å². The zero-order chi connectivity index (χ0) is 15.2. The Morgan fingerprint density at radius 1 is 1.05 bits per heavy atom. The van der Waals surface area contributed by atoms with Crippen LogP contribution in [-0.4, -0.2) is 11.8 Å². The maximum atomic E-state index is 12.0.